The molecule has 0 amide bonds. The van der Waals surface area contributed by atoms with Crippen LogP contribution in [-0.2, 0) is 13.0 Å². The SMILES string of the molecule is CCCCCCc1ccc(OCCn2cc(/C=N\NC(=S)Nc3ccccc3)c3ccccc32)cc1. The van der Waals surface area contributed by atoms with Crippen molar-refractivity contribution in [3.05, 3.63) is 96.2 Å². The number of anilines is 1. The van der Waals surface area contributed by atoms with Gasteiger partial charge in [-0.15, -0.1) is 0 Å². The van der Waals surface area contributed by atoms with Gasteiger partial charge in [-0.3, -0.25) is 5.43 Å². The molecule has 5 nitrogen and oxygen atoms in total. The number of nitrogens with zero attached hydrogens (tertiary/aromatic N) is 2. The van der Waals surface area contributed by atoms with Crippen molar-refractivity contribution in [1.29, 1.82) is 0 Å². The third-order valence-corrected chi connectivity index (χ3v) is 6.26. The van der Waals surface area contributed by atoms with Gasteiger partial charge in [-0.2, -0.15) is 5.10 Å². The summed E-state index contributed by atoms with van der Waals surface area (Å²) in [4.78, 5) is 0. The molecule has 0 spiro atoms. The molecule has 0 bridgehead atoms. The van der Waals surface area contributed by atoms with Gasteiger partial charge in [-0.1, -0.05) is 74.7 Å². The lowest BCUT2D eigenvalue weighted by Crippen LogP contribution is -2.23. The molecule has 0 aliphatic rings. The zero-order valence-corrected chi connectivity index (χ0v) is 21.6. The minimum absolute atomic E-state index is 0.446. The van der Waals surface area contributed by atoms with E-state index in [9.17, 15) is 0 Å². The van der Waals surface area contributed by atoms with Gasteiger partial charge < -0.3 is 14.6 Å². The third kappa shape index (κ3) is 7.43. The second-order valence-electron chi connectivity index (χ2n) is 8.79. The summed E-state index contributed by atoms with van der Waals surface area (Å²) in [5, 5.41) is 9.04. The van der Waals surface area contributed by atoms with Gasteiger partial charge in [-0.25, -0.2) is 0 Å². The van der Waals surface area contributed by atoms with Crippen LogP contribution in [0.5, 0.6) is 5.75 Å². The van der Waals surface area contributed by atoms with E-state index >= 15 is 0 Å². The van der Waals surface area contributed by atoms with E-state index in [0.717, 1.165) is 40.9 Å². The molecule has 0 radical (unpaired) electrons. The number of hydrazone groups is 1. The Morgan fingerprint density at radius 3 is 2.53 bits per heavy atom. The smallest absolute Gasteiger partial charge is 0.191 e. The summed E-state index contributed by atoms with van der Waals surface area (Å²) in [5.74, 6) is 0.911. The maximum atomic E-state index is 6.04. The zero-order valence-electron chi connectivity index (χ0n) is 20.8. The quantitative estimate of drug-likeness (QED) is 0.0941. The van der Waals surface area contributed by atoms with Gasteiger partial charge in [0.1, 0.15) is 12.4 Å². The van der Waals surface area contributed by atoms with Gasteiger partial charge in [0.25, 0.3) is 0 Å². The van der Waals surface area contributed by atoms with Crippen molar-refractivity contribution < 1.29 is 4.74 Å². The number of para-hydroxylation sites is 2. The summed E-state index contributed by atoms with van der Waals surface area (Å²) in [7, 11) is 0. The summed E-state index contributed by atoms with van der Waals surface area (Å²) >= 11 is 5.34. The Morgan fingerprint density at radius 1 is 0.944 bits per heavy atom. The Labute approximate surface area is 219 Å². The number of fused-ring (bicyclic) bond motifs is 1. The molecule has 0 aliphatic heterocycles. The van der Waals surface area contributed by atoms with Crippen molar-refractivity contribution in [1.82, 2.24) is 9.99 Å². The van der Waals surface area contributed by atoms with Crippen LogP contribution in [0.3, 0.4) is 0 Å². The topological polar surface area (TPSA) is 50.6 Å². The molecule has 0 unspecified atom stereocenters. The van der Waals surface area contributed by atoms with Crippen LogP contribution in [0.15, 0.2) is 90.2 Å². The molecule has 4 rings (SSSR count). The minimum Gasteiger partial charge on any atom is -0.492 e. The van der Waals surface area contributed by atoms with Crippen LogP contribution in [0.25, 0.3) is 10.9 Å². The molecule has 3 aromatic carbocycles. The molecule has 0 atom stereocenters. The third-order valence-electron chi connectivity index (χ3n) is 6.06. The first kappa shape index (κ1) is 25.5. The number of benzene rings is 3. The number of nitrogens with one attached hydrogen (secondary N) is 2. The maximum Gasteiger partial charge on any atom is 0.191 e. The van der Waals surface area contributed by atoms with E-state index in [1.807, 2.05) is 36.4 Å². The summed E-state index contributed by atoms with van der Waals surface area (Å²) in [6, 6.07) is 26.6. The lowest BCUT2D eigenvalue weighted by Gasteiger charge is -2.09. The number of unbranched alkanes of at least 4 members (excludes halogenated alkanes) is 3. The number of ether oxygens (including phenoxy) is 1. The van der Waals surface area contributed by atoms with Gasteiger partial charge in [0.15, 0.2) is 5.11 Å². The molecule has 0 fully saturated rings. The molecule has 4 aromatic rings. The fraction of sp³-hybridized carbons (Fsp3) is 0.267. The largest absolute Gasteiger partial charge is 0.492 e. The van der Waals surface area contributed by atoms with Crippen LogP contribution in [0.1, 0.15) is 43.7 Å². The molecule has 1 heterocycles. The molecule has 0 saturated carbocycles. The zero-order chi connectivity index (χ0) is 25.0. The van der Waals surface area contributed by atoms with Crippen LogP contribution in [0.2, 0.25) is 0 Å². The van der Waals surface area contributed by atoms with E-state index in [0.29, 0.717) is 11.7 Å². The summed E-state index contributed by atoms with van der Waals surface area (Å²) < 4.78 is 8.25. The van der Waals surface area contributed by atoms with Crippen molar-refractivity contribution in [3.63, 3.8) is 0 Å². The number of rotatable bonds is 12. The number of aryl methyl sites for hydroxylation is 1. The van der Waals surface area contributed by atoms with Crippen LogP contribution < -0.4 is 15.5 Å². The summed E-state index contributed by atoms with van der Waals surface area (Å²) in [6.07, 6.45) is 10.2. The second-order valence-corrected chi connectivity index (χ2v) is 9.20. The Morgan fingerprint density at radius 2 is 1.72 bits per heavy atom. The number of hydrogen-bond donors (Lipinski definition) is 2. The van der Waals surface area contributed by atoms with E-state index in [1.54, 1.807) is 6.21 Å². The van der Waals surface area contributed by atoms with Crippen LogP contribution in [-0.4, -0.2) is 22.5 Å². The van der Waals surface area contributed by atoms with Crippen molar-refractivity contribution >= 4 is 40.1 Å². The highest BCUT2D eigenvalue weighted by atomic mass is 32.1. The Hall–Kier alpha value is -3.64. The number of aromatic nitrogens is 1. The second kappa shape index (κ2) is 13.4. The van der Waals surface area contributed by atoms with Crippen LogP contribution in [0, 0.1) is 0 Å². The summed E-state index contributed by atoms with van der Waals surface area (Å²) in [6.45, 7) is 3.58. The molecule has 6 heteroatoms. The molecular weight excluding hydrogens is 464 g/mol. The van der Waals surface area contributed by atoms with E-state index < -0.39 is 0 Å². The molecule has 2 N–H and O–H groups in total. The Kier molecular flexibility index (Phi) is 9.51. The van der Waals surface area contributed by atoms with Crippen LogP contribution in [0.4, 0.5) is 5.69 Å². The van der Waals surface area contributed by atoms with E-state index in [4.69, 9.17) is 17.0 Å². The maximum absolute atomic E-state index is 6.04. The number of thiocarbonyl (C=S) groups is 1. The summed E-state index contributed by atoms with van der Waals surface area (Å²) in [5.41, 5.74) is 7.37. The van der Waals surface area contributed by atoms with Crippen molar-refractivity contribution in [3.8, 4) is 5.75 Å². The predicted octanol–water partition coefficient (Wildman–Crippen LogP) is 7.16. The minimum atomic E-state index is 0.446. The molecule has 1 aromatic heterocycles. The lowest BCUT2D eigenvalue weighted by molar-refractivity contribution is 0.300. The monoisotopic (exact) mass is 498 g/mol. The van der Waals surface area contributed by atoms with Gasteiger partial charge in [0, 0.05) is 28.4 Å². The average molecular weight is 499 g/mol. The highest BCUT2D eigenvalue weighted by Crippen LogP contribution is 2.20. The number of hydrogen-bond acceptors (Lipinski definition) is 3. The standard InChI is InChI=1S/C30H34N4OS/c1-2-3-4-6-11-24-16-18-27(19-17-24)35-21-20-34-23-25(28-14-9-10-15-29(28)34)22-31-33-30(36)32-26-12-7-5-8-13-26/h5,7-10,12-19,22-23H,2-4,6,11,20-21H2,1H3,(H2,32,33,36)/b31-22-. The molecule has 0 saturated heterocycles. The first-order valence-electron chi connectivity index (χ1n) is 12.7. The average Bonchev–Trinajstić information content (AvgIpc) is 3.25. The lowest BCUT2D eigenvalue weighted by atomic mass is 10.1. The van der Waals surface area contributed by atoms with E-state index in [-0.39, 0.29) is 0 Å². The van der Waals surface area contributed by atoms with E-state index in [2.05, 4.69) is 76.0 Å². The van der Waals surface area contributed by atoms with Gasteiger partial charge >= 0.3 is 0 Å². The fourth-order valence-electron chi connectivity index (χ4n) is 4.17. The van der Waals surface area contributed by atoms with Crippen molar-refractivity contribution in [2.45, 2.75) is 45.6 Å². The predicted molar refractivity (Wildman–Crippen MR) is 155 cm³/mol. The highest BCUT2D eigenvalue weighted by molar-refractivity contribution is 7.80. The molecule has 36 heavy (non-hydrogen) atoms. The molecule has 186 valence electrons. The first-order valence-corrected chi connectivity index (χ1v) is 13.1. The van der Waals surface area contributed by atoms with E-state index in [1.165, 1.54) is 31.2 Å². The normalized spacial score (nSPS) is 11.1. The first-order chi connectivity index (χ1) is 17.7. The van der Waals surface area contributed by atoms with Crippen molar-refractivity contribution in [2.75, 3.05) is 11.9 Å². The fourth-order valence-corrected chi connectivity index (χ4v) is 4.34. The Bertz CT molecular complexity index is 1270. The van der Waals surface area contributed by atoms with Crippen LogP contribution >= 0.6 is 12.2 Å². The molecular formula is C30H34N4OS. The van der Waals surface area contributed by atoms with Gasteiger partial charge in [0.05, 0.1) is 12.8 Å². The highest BCUT2D eigenvalue weighted by Gasteiger charge is 2.07. The van der Waals surface area contributed by atoms with Crippen molar-refractivity contribution in [2.24, 2.45) is 5.10 Å². The van der Waals surface area contributed by atoms with Gasteiger partial charge in [-0.05, 0) is 61.0 Å². The molecule has 0 aliphatic carbocycles. The Balaban J connectivity index is 1.31. The van der Waals surface area contributed by atoms with Gasteiger partial charge in [0.2, 0.25) is 0 Å².